The summed E-state index contributed by atoms with van der Waals surface area (Å²) in [5.74, 6) is 1.07. The molecule has 0 unspecified atom stereocenters. The Morgan fingerprint density at radius 2 is 1.71 bits per heavy atom. The van der Waals surface area contributed by atoms with Gasteiger partial charge >= 0.3 is 0 Å². The van der Waals surface area contributed by atoms with E-state index in [0.29, 0.717) is 6.61 Å². The molecule has 0 aliphatic carbocycles. The van der Waals surface area contributed by atoms with Gasteiger partial charge in [-0.05, 0) is 38.1 Å². The number of hydrogen-bond donors (Lipinski definition) is 0. The highest BCUT2D eigenvalue weighted by Crippen LogP contribution is 2.40. The predicted molar refractivity (Wildman–Crippen MR) is 81.8 cm³/mol. The van der Waals surface area contributed by atoms with Crippen molar-refractivity contribution in [2.75, 3.05) is 32.8 Å². The van der Waals surface area contributed by atoms with Gasteiger partial charge in [-0.2, -0.15) is 0 Å². The van der Waals surface area contributed by atoms with Crippen LogP contribution in [0.25, 0.3) is 0 Å². The van der Waals surface area contributed by atoms with Gasteiger partial charge in [0.15, 0.2) is 11.5 Å². The first-order valence-electron chi connectivity index (χ1n) is 8.02. The lowest BCUT2D eigenvalue weighted by Crippen LogP contribution is -2.36. The number of rotatable bonds is 6. The number of ether oxygens (including phenoxy) is 3. The predicted octanol–water partition coefficient (Wildman–Crippen LogP) is 3.07. The third kappa shape index (κ3) is 3.89. The molecule has 4 nitrogen and oxygen atoms in total. The second-order valence-electron chi connectivity index (χ2n) is 6.05. The lowest BCUT2D eigenvalue weighted by molar-refractivity contribution is -0.0843. The molecule has 4 heteroatoms. The van der Waals surface area contributed by atoms with Gasteiger partial charge < -0.3 is 19.1 Å². The van der Waals surface area contributed by atoms with E-state index in [1.165, 1.54) is 32.4 Å². The number of likely N-dealkylation sites (tertiary alicyclic amines) is 1. The standard InChI is InChI=1S/C17H25NO3/c1-17(20-15-7-3-4-8-16(15)21-17)9-13-19-14-12-18-10-5-2-6-11-18/h3-4,7-8H,2,5-6,9-14H2,1H3. The van der Waals surface area contributed by atoms with E-state index >= 15 is 0 Å². The van der Waals surface area contributed by atoms with Crippen molar-refractivity contribution in [3.05, 3.63) is 24.3 Å². The first kappa shape index (κ1) is 14.7. The molecule has 0 aromatic heterocycles. The Morgan fingerprint density at radius 1 is 1.05 bits per heavy atom. The van der Waals surface area contributed by atoms with Gasteiger partial charge in [-0.25, -0.2) is 0 Å². The summed E-state index contributed by atoms with van der Waals surface area (Å²) in [5.41, 5.74) is 0. The summed E-state index contributed by atoms with van der Waals surface area (Å²) >= 11 is 0. The minimum absolute atomic E-state index is 0.588. The molecule has 1 fully saturated rings. The number of para-hydroxylation sites is 2. The number of nitrogens with zero attached hydrogens (tertiary/aromatic N) is 1. The normalized spacial score (nSPS) is 20.6. The Hall–Kier alpha value is -1.26. The number of piperidine rings is 1. The van der Waals surface area contributed by atoms with E-state index in [-0.39, 0.29) is 0 Å². The minimum Gasteiger partial charge on any atom is -0.449 e. The molecule has 0 saturated carbocycles. The summed E-state index contributed by atoms with van der Waals surface area (Å²) in [4.78, 5) is 2.49. The van der Waals surface area contributed by atoms with Crippen LogP contribution in [-0.4, -0.2) is 43.5 Å². The van der Waals surface area contributed by atoms with Crippen molar-refractivity contribution >= 4 is 0 Å². The van der Waals surface area contributed by atoms with Gasteiger partial charge in [0.05, 0.1) is 13.2 Å². The maximum absolute atomic E-state index is 5.88. The molecule has 1 saturated heterocycles. The molecule has 3 rings (SSSR count). The van der Waals surface area contributed by atoms with Crippen molar-refractivity contribution in [2.24, 2.45) is 0 Å². The van der Waals surface area contributed by atoms with Gasteiger partial charge in [-0.1, -0.05) is 18.6 Å². The summed E-state index contributed by atoms with van der Waals surface area (Å²) in [6.07, 6.45) is 4.78. The van der Waals surface area contributed by atoms with Crippen molar-refractivity contribution in [1.82, 2.24) is 4.90 Å². The summed E-state index contributed by atoms with van der Waals surface area (Å²) in [7, 11) is 0. The highest BCUT2D eigenvalue weighted by Gasteiger charge is 2.36. The second kappa shape index (κ2) is 6.67. The van der Waals surface area contributed by atoms with Crippen LogP contribution >= 0.6 is 0 Å². The minimum atomic E-state index is -0.588. The molecule has 0 atom stereocenters. The Morgan fingerprint density at radius 3 is 2.38 bits per heavy atom. The van der Waals surface area contributed by atoms with Crippen molar-refractivity contribution < 1.29 is 14.2 Å². The van der Waals surface area contributed by atoms with E-state index in [2.05, 4.69) is 4.90 Å². The number of hydrogen-bond acceptors (Lipinski definition) is 4. The smallest absolute Gasteiger partial charge is 0.251 e. The van der Waals surface area contributed by atoms with Gasteiger partial charge in [0.2, 0.25) is 0 Å². The van der Waals surface area contributed by atoms with E-state index in [0.717, 1.165) is 31.1 Å². The fourth-order valence-electron chi connectivity index (χ4n) is 2.94. The molecule has 2 heterocycles. The molecule has 0 radical (unpaired) electrons. The number of fused-ring (bicyclic) bond motifs is 1. The summed E-state index contributed by atoms with van der Waals surface area (Å²) in [6, 6.07) is 7.81. The van der Waals surface area contributed by atoms with E-state index in [9.17, 15) is 0 Å². The molecule has 0 amide bonds. The zero-order valence-corrected chi connectivity index (χ0v) is 12.8. The van der Waals surface area contributed by atoms with Crippen molar-refractivity contribution in [3.8, 4) is 11.5 Å². The van der Waals surface area contributed by atoms with Gasteiger partial charge in [0, 0.05) is 19.9 Å². The second-order valence-corrected chi connectivity index (χ2v) is 6.05. The van der Waals surface area contributed by atoms with Crippen LogP contribution in [0.1, 0.15) is 32.6 Å². The summed E-state index contributed by atoms with van der Waals surface area (Å²) in [5, 5.41) is 0. The molecule has 2 aliphatic heterocycles. The summed E-state index contributed by atoms with van der Waals surface area (Å²) in [6.45, 7) is 6.92. The Labute approximate surface area is 127 Å². The van der Waals surface area contributed by atoms with Crippen molar-refractivity contribution in [1.29, 1.82) is 0 Å². The van der Waals surface area contributed by atoms with E-state index in [4.69, 9.17) is 14.2 Å². The molecule has 1 aromatic carbocycles. The van der Waals surface area contributed by atoms with Gasteiger partial charge in [-0.15, -0.1) is 0 Å². The summed E-state index contributed by atoms with van der Waals surface area (Å²) < 4.78 is 17.5. The van der Waals surface area contributed by atoms with Gasteiger partial charge in [-0.3, -0.25) is 0 Å². The van der Waals surface area contributed by atoms with Crippen molar-refractivity contribution in [3.63, 3.8) is 0 Å². The number of benzene rings is 1. The third-order valence-corrected chi connectivity index (χ3v) is 4.20. The SMILES string of the molecule is CC1(CCOCCN2CCCCC2)Oc2ccccc2O1. The zero-order valence-electron chi connectivity index (χ0n) is 12.8. The van der Waals surface area contributed by atoms with E-state index in [1.54, 1.807) is 0 Å². The van der Waals surface area contributed by atoms with Gasteiger partial charge in [0.1, 0.15) is 0 Å². The molecule has 116 valence electrons. The molecule has 0 N–H and O–H groups in total. The van der Waals surface area contributed by atoms with Crippen LogP contribution in [0.2, 0.25) is 0 Å². The van der Waals surface area contributed by atoms with Crippen LogP contribution in [-0.2, 0) is 4.74 Å². The van der Waals surface area contributed by atoms with Crippen molar-refractivity contribution in [2.45, 2.75) is 38.4 Å². The zero-order chi connectivity index (χ0) is 14.5. The van der Waals surface area contributed by atoms with E-state index < -0.39 is 5.79 Å². The molecular formula is C17H25NO3. The van der Waals surface area contributed by atoms with E-state index in [1.807, 2.05) is 31.2 Å². The first-order valence-corrected chi connectivity index (χ1v) is 8.02. The molecule has 0 spiro atoms. The van der Waals surface area contributed by atoms with Gasteiger partial charge in [0.25, 0.3) is 5.79 Å². The topological polar surface area (TPSA) is 30.9 Å². The molecule has 0 bridgehead atoms. The average Bonchev–Trinajstić information content (AvgIpc) is 2.84. The Kier molecular flexibility index (Phi) is 4.66. The van der Waals surface area contributed by atoms with Crippen LogP contribution in [0, 0.1) is 0 Å². The molecule has 2 aliphatic rings. The highest BCUT2D eigenvalue weighted by molar-refractivity contribution is 5.42. The molecular weight excluding hydrogens is 266 g/mol. The molecule has 21 heavy (non-hydrogen) atoms. The maximum Gasteiger partial charge on any atom is 0.251 e. The fourth-order valence-corrected chi connectivity index (χ4v) is 2.94. The third-order valence-electron chi connectivity index (χ3n) is 4.20. The lowest BCUT2D eigenvalue weighted by Gasteiger charge is -2.26. The van der Waals surface area contributed by atoms with Crippen LogP contribution in [0.15, 0.2) is 24.3 Å². The largest absolute Gasteiger partial charge is 0.449 e. The average molecular weight is 291 g/mol. The Bertz CT molecular complexity index is 432. The van der Waals surface area contributed by atoms with Crippen LogP contribution in [0.3, 0.4) is 0 Å². The fraction of sp³-hybridized carbons (Fsp3) is 0.647. The van der Waals surface area contributed by atoms with Crippen LogP contribution < -0.4 is 9.47 Å². The van der Waals surface area contributed by atoms with Crippen LogP contribution in [0.5, 0.6) is 11.5 Å². The Balaban J connectivity index is 1.34. The molecule has 1 aromatic rings. The highest BCUT2D eigenvalue weighted by atomic mass is 16.7. The monoisotopic (exact) mass is 291 g/mol. The first-order chi connectivity index (χ1) is 10.3. The van der Waals surface area contributed by atoms with Crippen LogP contribution in [0.4, 0.5) is 0 Å². The quantitative estimate of drug-likeness (QED) is 0.754. The maximum atomic E-state index is 5.88. The lowest BCUT2D eigenvalue weighted by atomic mass is 10.1.